The molecule has 1 heterocycles. The highest BCUT2D eigenvalue weighted by molar-refractivity contribution is 5.00. The van der Waals surface area contributed by atoms with Crippen LogP contribution in [0.15, 0.2) is 0 Å². The smallest absolute Gasteiger partial charge is 0.0582 e. The van der Waals surface area contributed by atoms with Gasteiger partial charge in [0, 0.05) is 6.04 Å². The molecule has 13 heavy (non-hydrogen) atoms. The maximum atomic E-state index is 9.39. The van der Waals surface area contributed by atoms with Crippen molar-refractivity contribution < 1.29 is 9.84 Å². The summed E-state index contributed by atoms with van der Waals surface area (Å²) in [5, 5.41) is 12.7. The predicted molar refractivity (Wildman–Crippen MR) is 50.5 cm³/mol. The van der Waals surface area contributed by atoms with Crippen molar-refractivity contribution >= 4 is 0 Å². The molecule has 2 rings (SSSR count). The van der Waals surface area contributed by atoms with Crippen LogP contribution in [0.2, 0.25) is 0 Å². The lowest BCUT2D eigenvalue weighted by molar-refractivity contribution is -0.167. The Kier molecular flexibility index (Phi) is 2.58. The van der Waals surface area contributed by atoms with Crippen molar-refractivity contribution in [3.05, 3.63) is 0 Å². The van der Waals surface area contributed by atoms with Gasteiger partial charge in [-0.05, 0) is 25.8 Å². The number of aliphatic hydroxyl groups excluding tert-OH is 1. The molecular weight excluding hydrogens is 166 g/mol. The van der Waals surface area contributed by atoms with Crippen molar-refractivity contribution in [1.29, 1.82) is 0 Å². The van der Waals surface area contributed by atoms with E-state index in [1.54, 1.807) is 0 Å². The summed E-state index contributed by atoms with van der Waals surface area (Å²) in [7, 11) is 2.00. The van der Waals surface area contributed by atoms with Gasteiger partial charge in [-0.15, -0.1) is 0 Å². The largest absolute Gasteiger partial charge is 0.396 e. The number of ether oxygens (including phenoxy) is 1. The van der Waals surface area contributed by atoms with Gasteiger partial charge in [-0.2, -0.15) is 0 Å². The summed E-state index contributed by atoms with van der Waals surface area (Å²) in [4.78, 5) is 0. The fourth-order valence-electron chi connectivity index (χ4n) is 2.55. The Morgan fingerprint density at radius 2 is 2.23 bits per heavy atom. The zero-order chi connectivity index (χ0) is 9.31. The van der Waals surface area contributed by atoms with Crippen molar-refractivity contribution in [3.8, 4) is 0 Å². The summed E-state index contributed by atoms with van der Waals surface area (Å²) < 4.78 is 5.23. The Balaban J connectivity index is 2.00. The van der Waals surface area contributed by atoms with Gasteiger partial charge in [0.2, 0.25) is 0 Å². The third-order valence-corrected chi connectivity index (χ3v) is 3.69. The molecule has 0 aromatic heterocycles. The Labute approximate surface area is 79.5 Å². The minimum absolute atomic E-state index is 0.0276. The quantitative estimate of drug-likeness (QED) is 0.665. The molecule has 2 N–H and O–H groups in total. The monoisotopic (exact) mass is 185 g/mol. The molecule has 2 fully saturated rings. The number of rotatable bonds is 4. The van der Waals surface area contributed by atoms with E-state index < -0.39 is 0 Å². The molecule has 0 amide bonds. The first-order valence-electron chi connectivity index (χ1n) is 5.18. The standard InChI is InChI=1S/C10H19NO2/c1-11-9(8-3-2-4-8)10(5-12)6-13-7-10/h8-9,11-12H,2-7H2,1H3. The molecule has 0 aromatic rings. The lowest BCUT2D eigenvalue weighted by atomic mass is 9.66. The molecule has 76 valence electrons. The molecular formula is C10H19NO2. The zero-order valence-corrected chi connectivity index (χ0v) is 8.25. The second-order valence-electron chi connectivity index (χ2n) is 4.47. The minimum atomic E-state index is 0.0276. The van der Waals surface area contributed by atoms with Gasteiger partial charge in [0.15, 0.2) is 0 Å². The van der Waals surface area contributed by atoms with Crippen LogP contribution in [-0.2, 0) is 4.74 Å². The molecule has 0 radical (unpaired) electrons. The normalized spacial score (nSPS) is 29.1. The highest BCUT2D eigenvalue weighted by Gasteiger charge is 2.48. The first kappa shape index (κ1) is 9.44. The molecule has 1 saturated carbocycles. The summed E-state index contributed by atoms with van der Waals surface area (Å²) >= 11 is 0. The SMILES string of the molecule is CNC(C1CCC1)C1(CO)COC1. The van der Waals surface area contributed by atoms with E-state index in [-0.39, 0.29) is 12.0 Å². The van der Waals surface area contributed by atoms with E-state index in [4.69, 9.17) is 4.74 Å². The van der Waals surface area contributed by atoms with Gasteiger partial charge in [-0.25, -0.2) is 0 Å². The third-order valence-electron chi connectivity index (χ3n) is 3.69. The van der Waals surface area contributed by atoms with E-state index in [2.05, 4.69) is 5.32 Å². The zero-order valence-electron chi connectivity index (χ0n) is 8.25. The number of nitrogens with one attached hydrogen (secondary N) is 1. The van der Waals surface area contributed by atoms with E-state index in [0.29, 0.717) is 6.04 Å². The summed E-state index contributed by atoms with van der Waals surface area (Å²) in [5.41, 5.74) is 0.0276. The van der Waals surface area contributed by atoms with Crippen molar-refractivity contribution in [1.82, 2.24) is 5.32 Å². The summed E-state index contributed by atoms with van der Waals surface area (Å²) in [6, 6.07) is 0.458. The lowest BCUT2D eigenvalue weighted by Gasteiger charge is -2.50. The van der Waals surface area contributed by atoms with Crippen LogP contribution < -0.4 is 5.32 Å². The summed E-state index contributed by atoms with van der Waals surface area (Å²) in [5.74, 6) is 0.765. The molecule has 0 bridgehead atoms. The Bertz CT molecular complexity index is 170. The topological polar surface area (TPSA) is 41.5 Å². The maximum Gasteiger partial charge on any atom is 0.0582 e. The van der Waals surface area contributed by atoms with Crippen molar-refractivity contribution in [2.24, 2.45) is 11.3 Å². The second-order valence-corrected chi connectivity index (χ2v) is 4.47. The van der Waals surface area contributed by atoms with Crippen LogP contribution in [-0.4, -0.2) is 38.0 Å². The van der Waals surface area contributed by atoms with E-state index >= 15 is 0 Å². The Hall–Kier alpha value is -0.120. The number of aliphatic hydroxyl groups is 1. The Morgan fingerprint density at radius 1 is 1.54 bits per heavy atom. The molecule has 1 saturated heterocycles. The van der Waals surface area contributed by atoms with E-state index in [1.807, 2.05) is 7.05 Å². The van der Waals surface area contributed by atoms with Gasteiger partial charge in [-0.1, -0.05) is 6.42 Å². The number of hydrogen-bond donors (Lipinski definition) is 2. The fourth-order valence-corrected chi connectivity index (χ4v) is 2.55. The van der Waals surface area contributed by atoms with Gasteiger partial charge in [0.05, 0.1) is 25.2 Å². The van der Waals surface area contributed by atoms with Crippen LogP contribution >= 0.6 is 0 Å². The van der Waals surface area contributed by atoms with E-state index in [0.717, 1.165) is 19.1 Å². The maximum absolute atomic E-state index is 9.39. The fraction of sp³-hybridized carbons (Fsp3) is 1.00. The molecule has 1 atom stereocenters. The van der Waals surface area contributed by atoms with Gasteiger partial charge in [-0.3, -0.25) is 0 Å². The summed E-state index contributed by atoms with van der Waals surface area (Å²) in [6.07, 6.45) is 3.98. The van der Waals surface area contributed by atoms with Crippen LogP contribution in [0.25, 0.3) is 0 Å². The van der Waals surface area contributed by atoms with Gasteiger partial charge in [0.25, 0.3) is 0 Å². The van der Waals surface area contributed by atoms with Crippen LogP contribution in [0.5, 0.6) is 0 Å². The first-order valence-corrected chi connectivity index (χ1v) is 5.18. The Morgan fingerprint density at radius 3 is 2.46 bits per heavy atom. The van der Waals surface area contributed by atoms with E-state index in [1.165, 1.54) is 19.3 Å². The number of hydrogen-bond acceptors (Lipinski definition) is 3. The molecule has 1 unspecified atom stereocenters. The second kappa shape index (κ2) is 3.56. The van der Waals surface area contributed by atoms with Crippen LogP contribution in [0.3, 0.4) is 0 Å². The first-order chi connectivity index (χ1) is 6.32. The molecule has 3 nitrogen and oxygen atoms in total. The van der Waals surface area contributed by atoms with Gasteiger partial charge < -0.3 is 15.2 Å². The lowest BCUT2D eigenvalue weighted by Crippen LogP contribution is -2.62. The van der Waals surface area contributed by atoms with Crippen molar-refractivity contribution in [3.63, 3.8) is 0 Å². The average Bonchev–Trinajstić information content (AvgIpc) is 1.98. The predicted octanol–water partition coefficient (Wildman–Crippen LogP) is 0.383. The minimum Gasteiger partial charge on any atom is -0.396 e. The van der Waals surface area contributed by atoms with Gasteiger partial charge in [0.1, 0.15) is 0 Å². The van der Waals surface area contributed by atoms with Crippen molar-refractivity contribution in [2.45, 2.75) is 25.3 Å². The third kappa shape index (κ3) is 1.39. The highest BCUT2D eigenvalue weighted by Crippen LogP contribution is 2.41. The molecule has 2 aliphatic rings. The molecule has 1 aliphatic carbocycles. The molecule has 3 heteroatoms. The highest BCUT2D eigenvalue weighted by atomic mass is 16.5. The van der Waals surface area contributed by atoms with Crippen LogP contribution in [0, 0.1) is 11.3 Å². The van der Waals surface area contributed by atoms with Crippen LogP contribution in [0.1, 0.15) is 19.3 Å². The molecule has 1 aliphatic heterocycles. The van der Waals surface area contributed by atoms with Gasteiger partial charge >= 0.3 is 0 Å². The average molecular weight is 185 g/mol. The van der Waals surface area contributed by atoms with E-state index in [9.17, 15) is 5.11 Å². The summed E-state index contributed by atoms with van der Waals surface area (Å²) in [6.45, 7) is 1.71. The molecule has 0 aromatic carbocycles. The van der Waals surface area contributed by atoms with Crippen molar-refractivity contribution in [2.75, 3.05) is 26.9 Å². The van der Waals surface area contributed by atoms with Crippen LogP contribution in [0.4, 0.5) is 0 Å². The molecule has 0 spiro atoms.